The molecule has 0 unspecified atom stereocenters. The summed E-state index contributed by atoms with van der Waals surface area (Å²) in [4.78, 5) is 21.4. The molecular weight excluding hydrogens is 404 g/mol. The van der Waals surface area contributed by atoms with Crippen LogP contribution in [0.1, 0.15) is 37.6 Å². The molecule has 3 aromatic rings. The number of nitrogens with zero attached hydrogens (tertiary/aromatic N) is 4. The third-order valence-electron chi connectivity index (χ3n) is 5.72. The Balaban J connectivity index is 1.32. The Morgan fingerprint density at radius 1 is 1.12 bits per heavy atom. The van der Waals surface area contributed by atoms with Crippen molar-refractivity contribution < 1.29 is 14.1 Å². The summed E-state index contributed by atoms with van der Waals surface area (Å²) in [5.41, 5.74) is 3.27. The summed E-state index contributed by atoms with van der Waals surface area (Å²) < 4.78 is 10.8. The molecule has 1 saturated heterocycles. The molecule has 1 aliphatic heterocycles. The smallest absolute Gasteiger partial charge is 0.227 e. The van der Waals surface area contributed by atoms with Gasteiger partial charge in [-0.1, -0.05) is 23.4 Å². The lowest BCUT2D eigenvalue weighted by Crippen LogP contribution is -2.28. The van der Waals surface area contributed by atoms with E-state index in [2.05, 4.69) is 33.2 Å². The number of rotatable bonds is 9. The standard InChI is InChI=1S/C25H30N4O3/c1-3-31-21-12-10-19(11-13-21)25-26-23(32-27-25)14-15-24(30)28(2)18-20-8-4-5-9-22(20)29-16-6-7-17-29/h4-5,8-13H,3,6-7,14-18H2,1-2H3. The summed E-state index contributed by atoms with van der Waals surface area (Å²) in [5.74, 6) is 1.85. The molecular formula is C25H30N4O3. The number of hydrogen-bond acceptors (Lipinski definition) is 6. The van der Waals surface area contributed by atoms with Crippen molar-refractivity contribution in [1.29, 1.82) is 0 Å². The summed E-state index contributed by atoms with van der Waals surface area (Å²) in [6, 6.07) is 15.9. The van der Waals surface area contributed by atoms with Gasteiger partial charge in [-0.25, -0.2) is 0 Å². The SMILES string of the molecule is CCOc1ccc(-c2noc(CCC(=O)N(C)Cc3ccccc3N3CCCC3)n2)cc1. The Hall–Kier alpha value is -3.35. The molecule has 0 aliphatic carbocycles. The van der Waals surface area contributed by atoms with E-state index in [1.807, 2.05) is 44.3 Å². The fourth-order valence-corrected chi connectivity index (χ4v) is 4.00. The Morgan fingerprint density at radius 2 is 1.88 bits per heavy atom. The molecule has 168 valence electrons. The van der Waals surface area contributed by atoms with Gasteiger partial charge in [0.1, 0.15) is 5.75 Å². The first-order valence-corrected chi connectivity index (χ1v) is 11.3. The van der Waals surface area contributed by atoms with Crippen molar-refractivity contribution in [2.75, 3.05) is 31.6 Å². The highest BCUT2D eigenvalue weighted by Crippen LogP contribution is 2.26. The molecule has 1 aromatic heterocycles. The maximum absolute atomic E-state index is 12.7. The van der Waals surface area contributed by atoms with Crippen molar-refractivity contribution in [3.8, 4) is 17.1 Å². The zero-order chi connectivity index (χ0) is 22.3. The van der Waals surface area contributed by atoms with Gasteiger partial charge in [0.05, 0.1) is 6.61 Å². The maximum atomic E-state index is 12.7. The average Bonchev–Trinajstić information content (AvgIpc) is 3.51. The number of aryl methyl sites for hydroxylation is 1. The largest absolute Gasteiger partial charge is 0.494 e. The van der Waals surface area contributed by atoms with Crippen LogP contribution in [0.15, 0.2) is 53.1 Å². The van der Waals surface area contributed by atoms with Crippen molar-refractivity contribution in [2.24, 2.45) is 0 Å². The number of aromatic nitrogens is 2. The Morgan fingerprint density at radius 3 is 2.62 bits per heavy atom. The first kappa shape index (κ1) is 21.9. The zero-order valence-electron chi connectivity index (χ0n) is 18.8. The summed E-state index contributed by atoms with van der Waals surface area (Å²) in [5, 5.41) is 4.05. The number of carbonyl (C=O) groups excluding carboxylic acids is 1. The third kappa shape index (κ3) is 5.28. The Kier molecular flexibility index (Phi) is 7.04. The molecule has 1 fully saturated rings. The number of hydrogen-bond donors (Lipinski definition) is 0. The van der Waals surface area contributed by atoms with Gasteiger partial charge in [0.2, 0.25) is 17.6 Å². The summed E-state index contributed by atoms with van der Waals surface area (Å²) >= 11 is 0. The molecule has 7 nitrogen and oxygen atoms in total. The lowest BCUT2D eigenvalue weighted by molar-refractivity contribution is -0.130. The van der Waals surface area contributed by atoms with Gasteiger partial charge in [-0.05, 0) is 55.7 Å². The van der Waals surface area contributed by atoms with E-state index < -0.39 is 0 Å². The highest BCUT2D eigenvalue weighted by Gasteiger charge is 2.18. The first-order chi connectivity index (χ1) is 15.6. The monoisotopic (exact) mass is 434 g/mol. The minimum Gasteiger partial charge on any atom is -0.494 e. The first-order valence-electron chi connectivity index (χ1n) is 11.3. The molecule has 1 amide bonds. The fraction of sp³-hybridized carbons (Fsp3) is 0.400. The molecule has 0 spiro atoms. The van der Waals surface area contributed by atoms with Gasteiger partial charge >= 0.3 is 0 Å². The zero-order valence-corrected chi connectivity index (χ0v) is 18.8. The predicted octanol–water partition coefficient (Wildman–Crippen LogP) is 4.33. The number of para-hydroxylation sites is 1. The van der Waals surface area contributed by atoms with E-state index in [9.17, 15) is 4.79 Å². The van der Waals surface area contributed by atoms with Crippen molar-refractivity contribution in [3.63, 3.8) is 0 Å². The van der Waals surface area contributed by atoms with Gasteiger partial charge < -0.3 is 19.1 Å². The molecule has 7 heteroatoms. The molecule has 0 bridgehead atoms. The van der Waals surface area contributed by atoms with E-state index in [4.69, 9.17) is 9.26 Å². The van der Waals surface area contributed by atoms with E-state index >= 15 is 0 Å². The predicted molar refractivity (Wildman–Crippen MR) is 124 cm³/mol. The summed E-state index contributed by atoms with van der Waals surface area (Å²) in [6.45, 7) is 5.33. The molecule has 2 aromatic carbocycles. The number of anilines is 1. The number of ether oxygens (including phenoxy) is 1. The summed E-state index contributed by atoms with van der Waals surface area (Å²) in [7, 11) is 1.85. The normalized spacial score (nSPS) is 13.4. The van der Waals surface area contributed by atoms with Crippen LogP contribution in [0.5, 0.6) is 5.75 Å². The topological polar surface area (TPSA) is 71.7 Å². The maximum Gasteiger partial charge on any atom is 0.227 e. The molecule has 0 radical (unpaired) electrons. The van der Waals surface area contributed by atoms with E-state index in [1.54, 1.807) is 4.90 Å². The van der Waals surface area contributed by atoms with Crippen molar-refractivity contribution in [3.05, 3.63) is 60.0 Å². The van der Waals surface area contributed by atoms with Crippen molar-refractivity contribution in [1.82, 2.24) is 15.0 Å². The van der Waals surface area contributed by atoms with Crippen LogP contribution in [0.3, 0.4) is 0 Å². The quantitative estimate of drug-likeness (QED) is 0.499. The molecule has 4 rings (SSSR count). The van der Waals surface area contributed by atoms with Crippen molar-refractivity contribution >= 4 is 11.6 Å². The molecule has 0 atom stereocenters. The van der Waals surface area contributed by atoms with Crippen LogP contribution in [0.4, 0.5) is 5.69 Å². The number of amides is 1. The minimum absolute atomic E-state index is 0.0574. The van der Waals surface area contributed by atoms with Crippen LogP contribution in [-0.4, -0.2) is 47.7 Å². The second-order valence-corrected chi connectivity index (χ2v) is 8.04. The molecule has 0 N–H and O–H groups in total. The van der Waals surface area contributed by atoms with Gasteiger partial charge in [-0.15, -0.1) is 0 Å². The number of benzene rings is 2. The van der Waals surface area contributed by atoms with E-state index in [0.29, 0.717) is 37.7 Å². The van der Waals surface area contributed by atoms with E-state index in [1.165, 1.54) is 24.1 Å². The average molecular weight is 435 g/mol. The highest BCUT2D eigenvalue weighted by atomic mass is 16.5. The van der Waals surface area contributed by atoms with Crippen LogP contribution in [-0.2, 0) is 17.8 Å². The van der Waals surface area contributed by atoms with E-state index in [0.717, 1.165) is 24.4 Å². The fourth-order valence-electron chi connectivity index (χ4n) is 4.00. The molecule has 2 heterocycles. The Bertz CT molecular complexity index is 1030. The minimum atomic E-state index is 0.0574. The van der Waals surface area contributed by atoms with Gasteiger partial charge in [-0.2, -0.15) is 4.98 Å². The lowest BCUT2D eigenvalue weighted by Gasteiger charge is -2.24. The summed E-state index contributed by atoms with van der Waals surface area (Å²) in [6.07, 6.45) is 3.20. The highest BCUT2D eigenvalue weighted by molar-refractivity contribution is 5.76. The van der Waals surface area contributed by atoms with Crippen LogP contribution in [0.2, 0.25) is 0 Å². The molecule has 32 heavy (non-hydrogen) atoms. The third-order valence-corrected chi connectivity index (χ3v) is 5.72. The molecule has 1 aliphatic rings. The van der Waals surface area contributed by atoms with Crippen LogP contribution in [0, 0.1) is 0 Å². The van der Waals surface area contributed by atoms with Crippen LogP contribution in [0.25, 0.3) is 11.4 Å². The van der Waals surface area contributed by atoms with Crippen LogP contribution >= 0.6 is 0 Å². The van der Waals surface area contributed by atoms with Crippen molar-refractivity contribution in [2.45, 2.75) is 39.2 Å². The Labute approximate surface area is 189 Å². The van der Waals surface area contributed by atoms with Gasteiger partial charge in [0.25, 0.3) is 0 Å². The molecule has 0 saturated carbocycles. The number of carbonyl (C=O) groups is 1. The van der Waals surface area contributed by atoms with Gasteiger partial charge in [-0.3, -0.25) is 4.79 Å². The second kappa shape index (κ2) is 10.3. The van der Waals surface area contributed by atoms with Crippen LogP contribution < -0.4 is 9.64 Å². The van der Waals surface area contributed by atoms with Gasteiger partial charge in [0.15, 0.2) is 0 Å². The van der Waals surface area contributed by atoms with Gasteiger partial charge in [0, 0.05) is 50.8 Å². The van der Waals surface area contributed by atoms with E-state index in [-0.39, 0.29) is 5.91 Å². The lowest BCUT2D eigenvalue weighted by atomic mass is 10.1. The second-order valence-electron chi connectivity index (χ2n) is 8.04.